The van der Waals surface area contributed by atoms with Gasteiger partial charge in [-0.15, -0.1) is 0 Å². The molecule has 32 heavy (non-hydrogen) atoms. The van der Waals surface area contributed by atoms with Crippen LogP contribution in [0.25, 0.3) is 0 Å². The highest BCUT2D eigenvalue weighted by Crippen LogP contribution is 2.27. The number of nitrogens with zero attached hydrogens (tertiary/aromatic N) is 2. The lowest BCUT2D eigenvalue weighted by Crippen LogP contribution is -2.50. The predicted octanol–water partition coefficient (Wildman–Crippen LogP) is 2.08. The molecule has 1 aliphatic rings. The lowest BCUT2D eigenvalue weighted by molar-refractivity contribution is 0.0686. The number of piperazine rings is 1. The molecule has 0 unspecified atom stereocenters. The number of sulfonamides is 2. The Morgan fingerprint density at radius 3 is 1.28 bits per heavy atom. The Balaban J connectivity index is 1.81. The number of aromatic carboxylic acids is 2. The molecular formula is C18H16Cl2N2O8S2. The highest BCUT2D eigenvalue weighted by atomic mass is 35.5. The summed E-state index contributed by atoms with van der Waals surface area (Å²) in [5.74, 6) is -2.77. The van der Waals surface area contributed by atoms with Crippen LogP contribution in [-0.4, -0.2) is 73.8 Å². The Labute approximate surface area is 193 Å². The second kappa shape index (κ2) is 8.96. The maximum absolute atomic E-state index is 12.9. The van der Waals surface area contributed by atoms with Crippen LogP contribution in [0, 0.1) is 0 Å². The second-order valence-corrected chi connectivity index (χ2v) is 11.4. The first-order valence-electron chi connectivity index (χ1n) is 8.91. The summed E-state index contributed by atoms with van der Waals surface area (Å²) >= 11 is 11.6. The monoisotopic (exact) mass is 522 g/mol. The molecule has 10 nitrogen and oxygen atoms in total. The van der Waals surface area contributed by atoms with Gasteiger partial charge in [0.05, 0.1) is 31.0 Å². The van der Waals surface area contributed by atoms with Crippen molar-refractivity contribution in [1.82, 2.24) is 8.61 Å². The number of hydrogen-bond donors (Lipinski definition) is 2. The van der Waals surface area contributed by atoms with E-state index in [4.69, 9.17) is 33.4 Å². The lowest BCUT2D eigenvalue weighted by Gasteiger charge is -2.33. The van der Waals surface area contributed by atoms with Gasteiger partial charge in [0.2, 0.25) is 20.0 Å². The van der Waals surface area contributed by atoms with E-state index in [1.54, 1.807) is 0 Å². The van der Waals surface area contributed by atoms with Gasteiger partial charge in [-0.2, -0.15) is 8.61 Å². The Morgan fingerprint density at radius 1 is 0.688 bits per heavy atom. The molecule has 2 N–H and O–H groups in total. The SMILES string of the molecule is O=C(O)c1cc(S(=O)(=O)N2CCN(S(=O)(=O)c3ccc(Cl)c(C(=O)O)c3)CC2)ccc1Cl. The van der Waals surface area contributed by atoms with Crippen LogP contribution < -0.4 is 0 Å². The number of benzene rings is 2. The van der Waals surface area contributed by atoms with E-state index in [9.17, 15) is 26.4 Å². The average molecular weight is 523 g/mol. The molecule has 1 fully saturated rings. The molecular weight excluding hydrogens is 507 g/mol. The van der Waals surface area contributed by atoms with Gasteiger partial charge < -0.3 is 10.2 Å². The van der Waals surface area contributed by atoms with Crippen LogP contribution in [0.2, 0.25) is 10.0 Å². The molecule has 3 rings (SSSR count). The van der Waals surface area contributed by atoms with Crippen molar-refractivity contribution in [2.45, 2.75) is 9.79 Å². The first kappa shape index (κ1) is 24.4. The van der Waals surface area contributed by atoms with Crippen LogP contribution in [-0.2, 0) is 20.0 Å². The summed E-state index contributed by atoms with van der Waals surface area (Å²) in [6, 6.07) is 6.58. The van der Waals surface area contributed by atoms with Crippen molar-refractivity contribution >= 4 is 55.2 Å². The predicted molar refractivity (Wildman–Crippen MR) is 114 cm³/mol. The van der Waals surface area contributed by atoms with Crippen molar-refractivity contribution in [3.8, 4) is 0 Å². The van der Waals surface area contributed by atoms with Gasteiger partial charge in [0.25, 0.3) is 0 Å². The van der Waals surface area contributed by atoms with Crippen molar-refractivity contribution in [3.63, 3.8) is 0 Å². The molecule has 0 aromatic heterocycles. The molecule has 2 aromatic rings. The fourth-order valence-corrected chi connectivity index (χ4v) is 6.40. The zero-order valence-corrected chi connectivity index (χ0v) is 19.2. The van der Waals surface area contributed by atoms with Gasteiger partial charge in [-0.3, -0.25) is 0 Å². The molecule has 2 aromatic carbocycles. The van der Waals surface area contributed by atoms with Crippen LogP contribution >= 0.6 is 23.2 Å². The quantitative estimate of drug-likeness (QED) is 0.585. The molecule has 0 spiro atoms. The molecule has 0 radical (unpaired) electrons. The summed E-state index contributed by atoms with van der Waals surface area (Å²) in [6.45, 7) is -0.754. The van der Waals surface area contributed by atoms with E-state index in [1.807, 2.05) is 0 Å². The Kier molecular flexibility index (Phi) is 6.84. The van der Waals surface area contributed by atoms with Crippen LogP contribution in [0.1, 0.15) is 20.7 Å². The first-order chi connectivity index (χ1) is 14.9. The molecule has 14 heteroatoms. The van der Waals surface area contributed by atoms with Gasteiger partial charge in [0.15, 0.2) is 0 Å². The topological polar surface area (TPSA) is 149 Å². The number of carboxylic acid groups (broad SMARTS) is 2. The zero-order chi connectivity index (χ0) is 23.8. The highest BCUT2D eigenvalue weighted by Gasteiger charge is 2.34. The van der Waals surface area contributed by atoms with Crippen LogP contribution in [0.4, 0.5) is 0 Å². The van der Waals surface area contributed by atoms with Gasteiger partial charge in [0, 0.05) is 26.2 Å². The van der Waals surface area contributed by atoms with E-state index in [0.717, 1.165) is 20.7 Å². The Bertz CT molecular complexity index is 1200. The third-order valence-corrected chi connectivity index (χ3v) is 9.26. The highest BCUT2D eigenvalue weighted by molar-refractivity contribution is 7.89. The standard InChI is InChI=1S/C18H16Cl2N2O8S2/c19-15-3-1-11(9-13(15)17(23)24)31(27,28)21-5-7-22(8-6-21)32(29,30)12-2-4-16(20)14(10-12)18(25)26/h1-4,9-10H,5-8H2,(H,23,24)(H,25,26). The summed E-state index contributed by atoms with van der Waals surface area (Å²) in [6.07, 6.45) is 0. The number of rotatable bonds is 6. The van der Waals surface area contributed by atoms with Gasteiger partial charge in [0.1, 0.15) is 0 Å². The van der Waals surface area contributed by atoms with E-state index in [1.165, 1.54) is 24.3 Å². The summed E-state index contributed by atoms with van der Waals surface area (Å²) in [7, 11) is -8.19. The van der Waals surface area contributed by atoms with Gasteiger partial charge >= 0.3 is 11.9 Å². The number of halogens is 2. The minimum Gasteiger partial charge on any atom is -0.478 e. The fourth-order valence-electron chi connectivity index (χ4n) is 3.11. The van der Waals surface area contributed by atoms with E-state index >= 15 is 0 Å². The van der Waals surface area contributed by atoms with Crippen molar-refractivity contribution < 1.29 is 36.6 Å². The molecule has 0 amide bonds. The van der Waals surface area contributed by atoms with Crippen molar-refractivity contribution in [3.05, 3.63) is 57.6 Å². The minimum absolute atomic E-state index is 0.115. The Hall–Kier alpha value is -2.22. The minimum atomic E-state index is -4.10. The average Bonchev–Trinajstić information content (AvgIpc) is 2.73. The summed E-state index contributed by atoms with van der Waals surface area (Å²) in [4.78, 5) is 21.9. The normalized spacial score (nSPS) is 16.1. The number of carbonyl (C=O) groups is 2. The van der Waals surface area contributed by atoms with Crippen LogP contribution in [0.15, 0.2) is 46.2 Å². The molecule has 0 saturated carbocycles. The largest absolute Gasteiger partial charge is 0.478 e. The smallest absolute Gasteiger partial charge is 0.337 e. The lowest BCUT2D eigenvalue weighted by atomic mass is 10.2. The second-order valence-electron chi connectivity index (χ2n) is 6.70. The molecule has 1 aliphatic heterocycles. The van der Waals surface area contributed by atoms with E-state index in [0.29, 0.717) is 0 Å². The van der Waals surface area contributed by atoms with E-state index in [-0.39, 0.29) is 57.1 Å². The molecule has 0 aliphatic carbocycles. The number of hydrogen-bond acceptors (Lipinski definition) is 6. The summed E-state index contributed by atoms with van der Waals surface area (Å²) in [5.41, 5.74) is -0.739. The molecule has 1 saturated heterocycles. The van der Waals surface area contributed by atoms with E-state index < -0.39 is 32.0 Å². The van der Waals surface area contributed by atoms with Gasteiger partial charge in [-0.1, -0.05) is 23.2 Å². The zero-order valence-electron chi connectivity index (χ0n) is 16.1. The summed E-state index contributed by atoms with van der Waals surface area (Å²) < 4.78 is 53.7. The molecule has 0 atom stereocenters. The van der Waals surface area contributed by atoms with E-state index in [2.05, 4.69) is 0 Å². The van der Waals surface area contributed by atoms with Crippen LogP contribution in [0.5, 0.6) is 0 Å². The van der Waals surface area contributed by atoms with Crippen molar-refractivity contribution in [2.24, 2.45) is 0 Å². The number of carboxylic acids is 2. The van der Waals surface area contributed by atoms with Gasteiger partial charge in [-0.05, 0) is 36.4 Å². The first-order valence-corrected chi connectivity index (χ1v) is 12.6. The maximum atomic E-state index is 12.9. The third kappa shape index (κ3) is 4.60. The summed E-state index contributed by atoms with van der Waals surface area (Å²) in [5, 5.41) is 18.1. The van der Waals surface area contributed by atoms with Crippen LogP contribution in [0.3, 0.4) is 0 Å². The van der Waals surface area contributed by atoms with Gasteiger partial charge in [-0.25, -0.2) is 26.4 Å². The molecule has 172 valence electrons. The van der Waals surface area contributed by atoms with Crippen molar-refractivity contribution in [2.75, 3.05) is 26.2 Å². The van der Waals surface area contributed by atoms with Crippen molar-refractivity contribution in [1.29, 1.82) is 0 Å². The molecule has 1 heterocycles. The fraction of sp³-hybridized carbons (Fsp3) is 0.222. The Morgan fingerprint density at radius 2 is 1.00 bits per heavy atom. The molecule has 0 bridgehead atoms. The third-order valence-electron chi connectivity index (χ3n) is 4.81. The maximum Gasteiger partial charge on any atom is 0.337 e.